The molecule has 7 nitrogen and oxygen atoms in total. The molecule has 27 heavy (non-hydrogen) atoms. The Hall–Kier alpha value is -2.44. The molecule has 2 amide bonds. The number of nitrogens with zero attached hydrogens (tertiary/aromatic N) is 4. The van der Waals surface area contributed by atoms with Gasteiger partial charge in [-0.3, -0.25) is 9.59 Å². The number of hydrogen-bond acceptors (Lipinski definition) is 5. The molecule has 2 aromatic heterocycles. The molecule has 6 rings (SSSR count). The minimum absolute atomic E-state index is 0.0465. The standard InChI is InChI=1S/C20H24N4O3/c1-11-7-16(17-12(2)22-27-18(17)21-11)20(26)23-9-14-5-6-15(10-23)24(19(14)25)8-13-3-4-13/h7,13-15H,3-6,8-10H2,1-2H3/t14-,15+/m1/s1. The number of hydrogen-bond donors (Lipinski definition) is 0. The van der Waals surface area contributed by atoms with Crippen molar-refractivity contribution in [2.45, 2.75) is 45.6 Å². The molecular formula is C20H24N4O3. The van der Waals surface area contributed by atoms with Gasteiger partial charge in [0, 0.05) is 31.4 Å². The summed E-state index contributed by atoms with van der Waals surface area (Å²) in [6.45, 7) is 5.66. The summed E-state index contributed by atoms with van der Waals surface area (Å²) in [6.07, 6.45) is 4.32. The third-order valence-electron chi connectivity index (χ3n) is 6.21. The Labute approximate surface area is 157 Å². The van der Waals surface area contributed by atoms with Gasteiger partial charge >= 0.3 is 0 Å². The zero-order chi connectivity index (χ0) is 18.7. The van der Waals surface area contributed by atoms with E-state index in [0.717, 1.165) is 25.1 Å². The predicted octanol–water partition coefficient (Wildman–Crippen LogP) is 2.31. The largest absolute Gasteiger partial charge is 0.337 e. The fraction of sp³-hybridized carbons (Fsp3) is 0.600. The van der Waals surface area contributed by atoms with Gasteiger partial charge in [-0.1, -0.05) is 5.16 Å². The van der Waals surface area contributed by atoms with Crippen LogP contribution in [-0.4, -0.2) is 57.4 Å². The van der Waals surface area contributed by atoms with Crippen LogP contribution >= 0.6 is 0 Å². The average Bonchev–Trinajstić information content (AvgIpc) is 3.44. The lowest BCUT2D eigenvalue weighted by molar-refractivity contribution is -0.140. The van der Waals surface area contributed by atoms with Crippen molar-refractivity contribution in [1.82, 2.24) is 19.9 Å². The highest BCUT2D eigenvalue weighted by molar-refractivity contribution is 6.06. The van der Waals surface area contributed by atoms with Crippen molar-refractivity contribution in [3.8, 4) is 0 Å². The lowest BCUT2D eigenvalue weighted by Crippen LogP contribution is -2.48. The summed E-state index contributed by atoms with van der Waals surface area (Å²) in [5.41, 5.74) is 2.38. The Kier molecular flexibility index (Phi) is 3.74. The first-order chi connectivity index (χ1) is 13.0. The minimum Gasteiger partial charge on any atom is -0.337 e. The van der Waals surface area contributed by atoms with E-state index in [1.54, 1.807) is 0 Å². The molecule has 2 aromatic rings. The Bertz CT molecular complexity index is 933. The summed E-state index contributed by atoms with van der Waals surface area (Å²) in [7, 11) is 0. The third-order valence-corrected chi connectivity index (χ3v) is 6.21. The van der Waals surface area contributed by atoms with Crippen molar-refractivity contribution in [2.75, 3.05) is 19.6 Å². The molecule has 0 aromatic carbocycles. The van der Waals surface area contributed by atoms with E-state index in [1.165, 1.54) is 12.8 Å². The lowest BCUT2D eigenvalue weighted by Gasteiger charge is -2.36. The molecular weight excluding hydrogens is 344 g/mol. The van der Waals surface area contributed by atoms with E-state index in [0.29, 0.717) is 41.4 Å². The van der Waals surface area contributed by atoms with Gasteiger partial charge in [-0.15, -0.1) is 0 Å². The molecule has 7 heteroatoms. The first-order valence-electron chi connectivity index (χ1n) is 9.84. The third kappa shape index (κ3) is 2.80. The van der Waals surface area contributed by atoms with Crippen LogP contribution < -0.4 is 0 Å². The van der Waals surface area contributed by atoms with E-state index in [1.807, 2.05) is 24.8 Å². The molecule has 142 valence electrons. The van der Waals surface area contributed by atoms with Gasteiger partial charge in [0.25, 0.3) is 11.6 Å². The van der Waals surface area contributed by atoms with Crippen molar-refractivity contribution >= 4 is 22.9 Å². The van der Waals surface area contributed by atoms with Gasteiger partial charge in [-0.2, -0.15) is 0 Å². The van der Waals surface area contributed by atoms with Crippen LogP contribution in [0.25, 0.3) is 11.1 Å². The second-order valence-corrected chi connectivity index (χ2v) is 8.33. The maximum absolute atomic E-state index is 13.4. The monoisotopic (exact) mass is 368 g/mol. The lowest BCUT2D eigenvalue weighted by atomic mass is 9.94. The van der Waals surface area contributed by atoms with Crippen LogP contribution in [0.4, 0.5) is 0 Å². The van der Waals surface area contributed by atoms with E-state index in [9.17, 15) is 9.59 Å². The summed E-state index contributed by atoms with van der Waals surface area (Å²) in [5.74, 6) is 0.786. The van der Waals surface area contributed by atoms with Gasteiger partial charge in [0.1, 0.15) is 0 Å². The minimum atomic E-state index is -0.0755. The molecule has 0 N–H and O–H groups in total. The zero-order valence-electron chi connectivity index (χ0n) is 15.8. The number of piperidine rings is 1. The molecule has 2 atom stereocenters. The van der Waals surface area contributed by atoms with E-state index >= 15 is 0 Å². The van der Waals surface area contributed by atoms with E-state index in [2.05, 4.69) is 15.0 Å². The molecule has 0 spiro atoms. The molecule has 3 saturated heterocycles. The van der Waals surface area contributed by atoms with Crippen LogP contribution in [0, 0.1) is 25.7 Å². The highest BCUT2D eigenvalue weighted by Crippen LogP contribution is 2.36. The number of aromatic nitrogens is 2. The number of carbonyl (C=O) groups excluding carboxylic acids is 2. The molecule has 3 aliphatic heterocycles. The normalized spacial score (nSPS) is 25.3. The second-order valence-electron chi connectivity index (χ2n) is 8.33. The molecule has 2 bridgehead atoms. The topological polar surface area (TPSA) is 79.5 Å². The first kappa shape index (κ1) is 16.7. The van der Waals surface area contributed by atoms with E-state index < -0.39 is 0 Å². The Morgan fingerprint density at radius 2 is 2.04 bits per heavy atom. The molecule has 1 aliphatic carbocycles. The average molecular weight is 368 g/mol. The maximum atomic E-state index is 13.4. The van der Waals surface area contributed by atoms with E-state index in [-0.39, 0.29) is 23.8 Å². The van der Waals surface area contributed by atoms with Crippen molar-refractivity contribution in [1.29, 1.82) is 0 Å². The van der Waals surface area contributed by atoms with Gasteiger partial charge in [0.2, 0.25) is 5.91 Å². The first-order valence-corrected chi connectivity index (χ1v) is 9.84. The zero-order valence-corrected chi connectivity index (χ0v) is 15.8. The number of fused-ring (bicyclic) bond motifs is 5. The van der Waals surface area contributed by atoms with Crippen LogP contribution in [0.5, 0.6) is 0 Å². The van der Waals surface area contributed by atoms with Gasteiger partial charge in [0.05, 0.1) is 22.6 Å². The van der Waals surface area contributed by atoms with Crippen LogP contribution in [0.3, 0.4) is 0 Å². The van der Waals surface area contributed by atoms with Crippen molar-refractivity contribution in [3.63, 3.8) is 0 Å². The molecule has 4 aliphatic rings. The van der Waals surface area contributed by atoms with Gasteiger partial charge < -0.3 is 14.3 Å². The number of carbonyl (C=O) groups is 2. The number of amides is 2. The van der Waals surface area contributed by atoms with Crippen LogP contribution in [0.15, 0.2) is 10.6 Å². The molecule has 1 saturated carbocycles. The SMILES string of the molecule is Cc1cc(C(=O)N2C[C@H]3CC[C@@H](C2)N(CC2CC2)C3=O)c2c(C)noc2n1. The van der Waals surface area contributed by atoms with Crippen LogP contribution in [-0.2, 0) is 4.79 Å². The highest BCUT2D eigenvalue weighted by atomic mass is 16.5. The fourth-order valence-corrected chi connectivity index (χ4v) is 4.58. The fourth-order valence-electron chi connectivity index (χ4n) is 4.58. The van der Waals surface area contributed by atoms with Crippen molar-refractivity contribution in [2.24, 2.45) is 11.8 Å². The Morgan fingerprint density at radius 3 is 2.81 bits per heavy atom. The van der Waals surface area contributed by atoms with Crippen LogP contribution in [0.2, 0.25) is 0 Å². The molecule has 5 heterocycles. The summed E-state index contributed by atoms with van der Waals surface area (Å²) in [4.78, 5) is 34.6. The highest BCUT2D eigenvalue weighted by Gasteiger charge is 2.43. The van der Waals surface area contributed by atoms with Crippen LogP contribution in [0.1, 0.15) is 47.4 Å². The van der Waals surface area contributed by atoms with Gasteiger partial charge in [-0.25, -0.2) is 4.98 Å². The summed E-state index contributed by atoms with van der Waals surface area (Å²) in [5, 5.41) is 4.66. The number of pyridine rings is 1. The second kappa shape index (κ2) is 6.04. The maximum Gasteiger partial charge on any atom is 0.258 e. The number of rotatable bonds is 3. The Morgan fingerprint density at radius 1 is 1.22 bits per heavy atom. The van der Waals surface area contributed by atoms with Crippen molar-refractivity contribution in [3.05, 3.63) is 23.0 Å². The molecule has 0 radical (unpaired) electrons. The van der Waals surface area contributed by atoms with Crippen molar-refractivity contribution < 1.29 is 14.1 Å². The molecule has 4 fully saturated rings. The summed E-state index contributed by atoms with van der Waals surface area (Å²) in [6, 6.07) is 1.95. The van der Waals surface area contributed by atoms with Gasteiger partial charge in [-0.05, 0) is 51.5 Å². The van der Waals surface area contributed by atoms with E-state index in [4.69, 9.17) is 4.52 Å². The predicted molar refractivity (Wildman–Crippen MR) is 98.1 cm³/mol. The number of aryl methyl sites for hydroxylation is 2. The summed E-state index contributed by atoms with van der Waals surface area (Å²) < 4.78 is 5.28. The summed E-state index contributed by atoms with van der Waals surface area (Å²) >= 11 is 0. The quantitative estimate of drug-likeness (QED) is 0.831. The molecule has 0 unspecified atom stereocenters. The smallest absolute Gasteiger partial charge is 0.258 e. The Balaban J connectivity index is 1.48. The van der Waals surface area contributed by atoms with Gasteiger partial charge in [0.15, 0.2) is 0 Å².